The summed E-state index contributed by atoms with van der Waals surface area (Å²) >= 11 is 9.42. The summed E-state index contributed by atoms with van der Waals surface area (Å²) in [6, 6.07) is 7.59. The summed E-state index contributed by atoms with van der Waals surface area (Å²) < 4.78 is 29.4. The zero-order chi connectivity index (χ0) is 18.4. The lowest BCUT2D eigenvalue weighted by Gasteiger charge is -2.14. The summed E-state index contributed by atoms with van der Waals surface area (Å²) in [7, 11) is 2.81. The van der Waals surface area contributed by atoms with Gasteiger partial charge < -0.3 is 14.2 Å². The number of esters is 1. The highest BCUT2D eigenvalue weighted by molar-refractivity contribution is 9.10. The van der Waals surface area contributed by atoms with E-state index in [9.17, 15) is 9.18 Å². The van der Waals surface area contributed by atoms with Gasteiger partial charge in [-0.2, -0.15) is 0 Å². The minimum atomic E-state index is -0.457. The highest BCUT2D eigenvalue weighted by Crippen LogP contribution is 2.38. The second kappa shape index (κ2) is 8.87. The van der Waals surface area contributed by atoms with E-state index in [2.05, 4.69) is 20.7 Å². The van der Waals surface area contributed by atoms with Crippen LogP contribution in [0.3, 0.4) is 0 Å². The van der Waals surface area contributed by atoms with Crippen LogP contribution in [0.4, 0.5) is 4.39 Å². The minimum Gasteiger partial charge on any atom is -0.493 e. The number of hydrogen-bond acceptors (Lipinski definition) is 4. The predicted octanol–water partition coefficient (Wildman–Crippen LogP) is 5.02. The summed E-state index contributed by atoms with van der Waals surface area (Å²) in [5.74, 6) is 0.0749. The molecule has 0 heterocycles. The number of hydrogen-bond donors (Lipinski definition) is 0. The van der Waals surface area contributed by atoms with Gasteiger partial charge in [0.25, 0.3) is 0 Å². The Morgan fingerprint density at radius 3 is 2.68 bits per heavy atom. The van der Waals surface area contributed by atoms with Crippen molar-refractivity contribution in [3.05, 3.63) is 62.8 Å². The maximum absolute atomic E-state index is 13.1. The standard InChI is InChI=1S/C18H15BrClFO4/c1-23-16-8-11(3-6-17(22)24-2)7-14(19)18(16)25-10-12-4-5-13(21)9-15(12)20/h3-9H,10H2,1-2H3/b6-3+. The lowest BCUT2D eigenvalue weighted by atomic mass is 10.2. The average molecular weight is 430 g/mol. The molecule has 0 saturated carbocycles. The van der Waals surface area contributed by atoms with Crippen molar-refractivity contribution in [2.75, 3.05) is 14.2 Å². The third kappa shape index (κ3) is 5.21. The summed E-state index contributed by atoms with van der Waals surface area (Å²) in [5, 5.41) is 0.285. The van der Waals surface area contributed by atoms with E-state index in [0.717, 1.165) is 5.56 Å². The van der Waals surface area contributed by atoms with E-state index in [1.54, 1.807) is 24.3 Å². The maximum atomic E-state index is 13.1. The number of ether oxygens (including phenoxy) is 3. The Morgan fingerprint density at radius 2 is 2.04 bits per heavy atom. The smallest absolute Gasteiger partial charge is 0.330 e. The summed E-state index contributed by atoms with van der Waals surface area (Å²) in [4.78, 5) is 11.2. The van der Waals surface area contributed by atoms with E-state index < -0.39 is 11.8 Å². The number of halogens is 3. The normalized spacial score (nSPS) is 10.8. The zero-order valence-electron chi connectivity index (χ0n) is 13.5. The van der Waals surface area contributed by atoms with Crippen LogP contribution in [0.25, 0.3) is 6.08 Å². The van der Waals surface area contributed by atoms with Crippen molar-refractivity contribution in [2.45, 2.75) is 6.61 Å². The quantitative estimate of drug-likeness (QED) is 0.478. The van der Waals surface area contributed by atoms with Gasteiger partial charge in [-0.25, -0.2) is 9.18 Å². The van der Waals surface area contributed by atoms with E-state index in [0.29, 0.717) is 21.5 Å². The van der Waals surface area contributed by atoms with Crippen LogP contribution >= 0.6 is 27.5 Å². The molecule has 2 rings (SSSR count). The summed E-state index contributed by atoms with van der Waals surface area (Å²) in [5.41, 5.74) is 1.37. The molecule has 0 radical (unpaired) electrons. The molecule has 0 bridgehead atoms. The Balaban J connectivity index is 2.22. The van der Waals surface area contributed by atoms with E-state index in [-0.39, 0.29) is 11.6 Å². The Bertz CT molecular complexity index is 808. The molecule has 132 valence electrons. The van der Waals surface area contributed by atoms with Crippen molar-refractivity contribution in [1.29, 1.82) is 0 Å². The Kier molecular flexibility index (Phi) is 6.84. The third-order valence-corrected chi connectivity index (χ3v) is 4.19. The van der Waals surface area contributed by atoms with Crippen molar-refractivity contribution in [3.8, 4) is 11.5 Å². The molecule has 0 atom stereocenters. The van der Waals surface area contributed by atoms with Gasteiger partial charge in [-0.3, -0.25) is 0 Å². The molecule has 2 aromatic carbocycles. The van der Waals surface area contributed by atoms with E-state index in [1.807, 2.05) is 0 Å². The lowest BCUT2D eigenvalue weighted by Crippen LogP contribution is -2.00. The third-order valence-electron chi connectivity index (χ3n) is 3.25. The van der Waals surface area contributed by atoms with Crippen LogP contribution in [0.5, 0.6) is 11.5 Å². The van der Waals surface area contributed by atoms with Crippen LogP contribution in [-0.4, -0.2) is 20.2 Å². The Hall–Kier alpha value is -2.05. The van der Waals surface area contributed by atoms with E-state index in [4.69, 9.17) is 21.1 Å². The first-order chi connectivity index (χ1) is 11.9. The maximum Gasteiger partial charge on any atom is 0.330 e. The first-order valence-electron chi connectivity index (χ1n) is 7.15. The van der Waals surface area contributed by atoms with Gasteiger partial charge in [0.1, 0.15) is 12.4 Å². The molecule has 0 aromatic heterocycles. The monoisotopic (exact) mass is 428 g/mol. The summed E-state index contributed by atoms with van der Waals surface area (Å²) in [6.07, 6.45) is 2.90. The Morgan fingerprint density at radius 1 is 1.28 bits per heavy atom. The van der Waals surface area contributed by atoms with Gasteiger partial charge in [-0.1, -0.05) is 17.7 Å². The van der Waals surface area contributed by atoms with Gasteiger partial charge in [-0.05, 0) is 51.8 Å². The van der Waals surface area contributed by atoms with Gasteiger partial charge in [0.15, 0.2) is 11.5 Å². The van der Waals surface area contributed by atoms with Crippen LogP contribution < -0.4 is 9.47 Å². The molecule has 0 aliphatic heterocycles. The average Bonchev–Trinajstić information content (AvgIpc) is 2.59. The van der Waals surface area contributed by atoms with E-state index >= 15 is 0 Å². The fourth-order valence-electron chi connectivity index (χ4n) is 2.00. The fraction of sp³-hybridized carbons (Fsp3) is 0.167. The Labute approximate surface area is 158 Å². The number of carbonyl (C=O) groups is 1. The molecule has 7 heteroatoms. The zero-order valence-corrected chi connectivity index (χ0v) is 15.9. The van der Waals surface area contributed by atoms with Gasteiger partial charge in [-0.15, -0.1) is 0 Å². The van der Waals surface area contributed by atoms with Crippen LogP contribution in [0.15, 0.2) is 40.9 Å². The predicted molar refractivity (Wildman–Crippen MR) is 97.5 cm³/mol. The molecule has 25 heavy (non-hydrogen) atoms. The second-order valence-electron chi connectivity index (χ2n) is 4.92. The van der Waals surface area contributed by atoms with Gasteiger partial charge in [0.05, 0.1) is 23.7 Å². The summed E-state index contributed by atoms with van der Waals surface area (Å²) in [6.45, 7) is 0.144. The molecule has 0 saturated heterocycles. The molecule has 2 aromatic rings. The fourth-order valence-corrected chi connectivity index (χ4v) is 2.79. The molecular formula is C18H15BrClFO4. The highest BCUT2D eigenvalue weighted by atomic mass is 79.9. The van der Waals surface area contributed by atoms with Gasteiger partial charge in [0.2, 0.25) is 0 Å². The van der Waals surface area contributed by atoms with Crippen molar-refractivity contribution in [2.24, 2.45) is 0 Å². The van der Waals surface area contributed by atoms with Crippen molar-refractivity contribution < 1.29 is 23.4 Å². The highest BCUT2D eigenvalue weighted by Gasteiger charge is 2.12. The molecular weight excluding hydrogens is 415 g/mol. The molecule has 0 fully saturated rings. The molecule has 0 spiro atoms. The van der Waals surface area contributed by atoms with Crippen LogP contribution in [0, 0.1) is 5.82 Å². The molecule has 4 nitrogen and oxygen atoms in total. The number of methoxy groups -OCH3 is 2. The molecule has 0 N–H and O–H groups in total. The first kappa shape index (κ1) is 19.3. The van der Waals surface area contributed by atoms with Crippen LogP contribution in [0.2, 0.25) is 5.02 Å². The van der Waals surface area contributed by atoms with Gasteiger partial charge in [0, 0.05) is 11.6 Å². The molecule has 0 aliphatic rings. The van der Waals surface area contributed by atoms with Crippen molar-refractivity contribution >= 4 is 39.6 Å². The second-order valence-corrected chi connectivity index (χ2v) is 6.18. The van der Waals surface area contributed by atoms with Crippen molar-refractivity contribution in [1.82, 2.24) is 0 Å². The SMILES string of the molecule is COC(=O)/C=C/c1cc(Br)c(OCc2ccc(F)cc2Cl)c(OC)c1. The number of benzene rings is 2. The number of carbonyl (C=O) groups excluding carboxylic acids is 1. The number of rotatable bonds is 6. The largest absolute Gasteiger partial charge is 0.493 e. The van der Waals surface area contributed by atoms with Gasteiger partial charge >= 0.3 is 5.97 Å². The van der Waals surface area contributed by atoms with Crippen molar-refractivity contribution in [3.63, 3.8) is 0 Å². The lowest BCUT2D eigenvalue weighted by molar-refractivity contribution is -0.134. The molecule has 0 amide bonds. The molecule has 0 unspecified atom stereocenters. The van der Waals surface area contributed by atoms with Crippen LogP contribution in [-0.2, 0) is 16.1 Å². The van der Waals surface area contributed by atoms with E-state index in [1.165, 1.54) is 32.4 Å². The minimum absolute atomic E-state index is 0.144. The molecule has 0 aliphatic carbocycles. The first-order valence-corrected chi connectivity index (χ1v) is 8.32. The topological polar surface area (TPSA) is 44.8 Å². The van der Waals surface area contributed by atoms with Crippen LogP contribution in [0.1, 0.15) is 11.1 Å².